The Balaban J connectivity index is 0.000000179. The monoisotopic (exact) mass is 1900 g/mol. The maximum Gasteiger partial charge on any atom is 0.294 e. The standard InChI is InChI=1S/C25H29ClN6O3.C22H24ClN5O4.2C22H25ClN4O2.4C2H6/c1-3-19(33)15-35-22-12-16-11-17(6-7-21(16)30(2)24(22)34)28-23-20(26)13-27-25(29-23)32-10-9-31-8-4-5-18(31)14-32;1-3-16(29)13-32-19-11-14-10-15(4-5-18(14)27(2)21(19)30)25-20-17(23)12-24-22(26-20)28-6-8-31-9-7-28;2*1-15-6-7-16-12-17(8-9-20(16)25(15)2)24-19-14-21(26-10-4-3-5-11-26)22(27(28)29)13-18(19)23;4*1-2/h6-7,11-13,18H,3-5,8-10,14-15H2,1-2H3,(H,27,28,29);4-5,10-12H,3,6-9,13H2,1-2H3,(H,24,25,26);2*8-9,12-14,24H,1,3-7,10-11H2,2H3;4*1-2H3. The molecule has 0 aliphatic carbocycles. The number of nitrogens with zero attached hydrogens (tertiary/aromatic N) is 15. The van der Waals surface area contributed by atoms with Crippen molar-refractivity contribution >= 4 is 172 Å². The number of carbonyl (C=O) groups excluding carboxylic acids is 2. The number of anilines is 14. The van der Waals surface area contributed by atoms with Gasteiger partial charge in [0.1, 0.15) is 34.6 Å². The summed E-state index contributed by atoms with van der Waals surface area (Å²) in [6.45, 7) is 37.5. The number of halogens is 4. The van der Waals surface area contributed by atoms with E-state index in [2.05, 4.69) is 103 Å². The summed E-state index contributed by atoms with van der Waals surface area (Å²) >= 11 is 25.6. The normalized spacial score (nSPS) is 15.5. The Morgan fingerprint density at radius 2 is 0.872 bits per heavy atom. The lowest BCUT2D eigenvalue weighted by molar-refractivity contribution is -0.384. The van der Waals surface area contributed by atoms with Gasteiger partial charge in [0.05, 0.1) is 67.9 Å². The van der Waals surface area contributed by atoms with Gasteiger partial charge < -0.3 is 74.0 Å². The summed E-state index contributed by atoms with van der Waals surface area (Å²) in [5, 5.41) is 39.5. The fourth-order valence-corrected chi connectivity index (χ4v) is 17.2. The molecule has 4 aromatic heterocycles. The second kappa shape index (κ2) is 49.8. The molecule has 712 valence electrons. The quantitative estimate of drug-likeness (QED) is 0.0362. The molecule has 0 radical (unpaired) electrons. The molecule has 34 heteroatoms. The van der Waals surface area contributed by atoms with Crippen LogP contribution in [-0.2, 0) is 41.3 Å². The minimum Gasteiger partial charge on any atom is -0.480 e. The molecule has 1 unspecified atom stereocenters. The molecule has 1 atom stereocenters. The van der Waals surface area contributed by atoms with Gasteiger partial charge in [0.2, 0.25) is 11.9 Å². The maximum absolute atomic E-state index is 12.6. The van der Waals surface area contributed by atoms with E-state index in [1.165, 1.54) is 64.6 Å². The molecule has 133 heavy (non-hydrogen) atoms. The van der Waals surface area contributed by atoms with E-state index >= 15 is 0 Å². The van der Waals surface area contributed by atoms with Crippen LogP contribution in [0.25, 0.3) is 21.8 Å². The van der Waals surface area contributed by atoms with Crippen molar-refractivity contribution in [1.82, 2.24) is 34.0 Å². The van der Waals surface area contributed by atoms with Crippen molar-refractivity contribution in [1.29, 1.82) is 0 Å². The van der Waals surface area contributed by atoms with Crippen molar-refractivity contribution in [3.8, 4) is 11.5 Å². The molecule has 11 heterocycles. The van der Waals surface area contributed by atoms with Gasteiger partial charge in [-0.25, -0.2) is 9.97 Å². The van der Waals surface area contributed by atoms with Crippen LogP contribution in [-0.4, -0.2) is 167 Å². The molecule has 17 rings (SSSR count). The van der Waals surface area contributed by atoms with E-state index < -0.39 is 0 Å². The third-order valence-electron chi connectivity index (χ3n) is 23.8. The lowest BCUT2D eigenvalue weighted by Gasteiger charge is -2.37. The molecular formula is C99H127Cl4N19O11. The van der Waals surface area contributed by atoms with Gasteiger partial charge in [0.15, 0.2) is 34.7 Å². The molecule has 4 N–H and O–H groups in total. The van der Waals surface area contributed by atoms with Crippen LogP contribution < -0.4 is 71.3 Å². The molecule has 0 saturated carbocycles. The van der Waals surface area contributed by atoms with E-state index in [9.17, 15) is 39.4 Å². The molecule has 10 aromatic rings. The number of nitro benzene ring substituents is 2. The third-order valence-corrected chi connectivity index (χ3v) is 24.9. The number of fused-ring (bicyclic) bond motifs is 5. The van der Waals surface area contributed by atoms with E-state index in [0.29, 0.717) is 112 Å². The Morgan fingerprint density at radius 1 is 0.466 bits per heavy atom. The number of aromatic nitrogens is 6. The van der Waals surface area contributed by atoms with Crippen LogP contribution in [0.3, 0.4) is 0 Å². The van der Waals surface area contributed by atoms with Crippen molar-refractivity contribution in [2.75, 3.05) is 157 Å². The summed E-state index contributed by atoms with van der Waals surface area (Å²) in [6, 6.07) is 34.0. The first-order valence-electron chi connectivity index (χ1n) is 46.3. The zero-order valence-electron chi connectivity index (χ0n) is 79.0. The number of ether oxygens (including phenoxy) is 3. The Labute approximate surface area is 799 Å². The number of allylic oxidation sites excluding steroid dienone is 2. The summed E-state index contributed by atoms with van der Waals surface area (Å²) in [4.78, 5) is 104. The number of piperazine rings is 1. The van der Waals surface area contributed by atoms with Crippen molar-refractivity contribution in [2.45, 2.75) is 165 Å². The molecule has 6 aromatic carbocycles. The van der Waals surface area contributed by atoms with E-state index in [4.69, 9.17) is 65.6 Å². The molecule has 7 aliphatic rings. The number of ketones is 2. The Bertz CT molecular complexity index is 5720. The molecule has 7 aliphatic heterocycles. The molecule has 0 bridgehead atoms. The zero-order chi connectivity index (χ0) is 96.3. The number of morpholine rings is 1. The fraction of sp³-hybridized carbons (Fsp3) is 0.434. The second-order valence-corrected chi connectivity index (χ2v) is 33.6. The van der Waals surface area contributed by atoms with Gasteiger partial charge in [-0.1, -0.05) is 129 Å². The number of hydrogen-bond acceptors (Lipinski definition) is 26. The average molecular weight is 1900 g/mol. The van der Waals surface area contributed by atoms with Crippen LogP contribution >= 0.6 is 46.4 Å². The van der Waals surface area contributed by atoms with Crippen LogP contribution in [0.2, 0.25) is 20.1 Å². The molecule has 30 nitrogen and oxygen atoms in total. The van der Waals surface area contributed by atoms with Crippen molar-refractivity contribution in [2.24, 2.45) is 14.1 Å². The van der Waals surface area contributed by atoms with Gasteiger partial charge in [-0.15, -0.1) is 0 Å². The first kappa shape index (κ1) is 103. The SMILES string of the molecule is C=C1CCc2cc(Nc3cc(N4CCCCC4)c([N+](=O)[O-])cc3Cl)ccc2N1C.C=C1CCc2cc(Nc3cc(N4CCCCC4)c([N+](=O)[O-])cc3Cl)ccc2N1C.CC.CC.CC.CC.CCC(=O)COc1cc2cc(Nc3nc(N4CCN5CCCC5C4)ncc3Cl)ccc2n(C)c1=O.CCC(=O)COc1cc2cc(Nc3nc(N4CCOCC4)ncc3Cl)ccc2n(C)c1=O. The number of benzene rings is 6. The predicted octanol–water partition coefficient (Wildman–Crippen LogP) is 22.1. The van der Waals surface area contributed by atoms with Crippen molar-refractivity contribution in [3.05, 3.63) is 218 Å². The van der Waals surface area contributed by atoms with Gasteiger partial charge in [0, 0.05) is 174 Å². The molecule has 0 amide bonds. The molecular weight excluding hydrogens is 1770 g/mol. The first-order valence-corrected chi connectivity index (χ1v) is 47.8. The van der Waals surface area contributed by atoms with Gasteiger partial charge in [-0.3, -0.25) is 44.3 Å². The average Bonchev–Trinajstić information content (AvgIpc) is 1.15. The first-order chi connectivity index (χ1) is 64.3. The third kappa shape index (κ3) is 26.2. The van der Waals surface area contributed by atoms with Crippen molar-refractivity contribution < 1.29 is 33.6 Å². The van der Waals surface area contributed by atoms with E-state index in [-0.39, 0.29) is 68.6 Å². The van der Waals surface area contributed by atoms with Crippen LogP contribution in [0, 0.1) is 20.2 Å². The van der Waals surface area contributed by atoms with Gasteiger partial charge in [0.25, 0.3) is 22.5 Å². The minimum atomic E-state index is -0.346. The number of rotatable bonds is 22. The smallest absolute Gasteiger partial charge is 0.294 e. The predicted molar refractivity (Wildman–Crippen MR) is 545 cm³/mol. The lowest BCUT2D eigenvalue weighted by atomic mass is 9.99. The van der Waals surface area contributed by atoms with E-state index in [0.717, 1.165) is 165 Å². The summed E-state index contributed by atoms with van der Waals surface area (Å²) < 4.78 is 19.4. The van der Waals surface area contributed by atoms with E-state index in [1.807, 2.05) is 135 Å². The van der Waals surface area contributed by atoms with Crippen LogP contribution in [0.4, 0.5) is 91.8 Å². The number of nitrogens with one attached hydrogen (secondary N) is 4. The highest BCUT2D eigenvalue weighted by Gasteiger charge is 2.33. The molecule has 5 saturated heterocycles. The number of nitro groups is 2. The summed E-state index contributed by atoms with van der Waals surface area (Å²) in [5.41, 5.74) is 14.1. The number of pyridine rings is 2. The van der Waals surface area contributed by atoms with Gasteiger partial charge in [-0.2, -0.15) is 9.97 Å². The van der Waals surface area contributed by atoms with E-state index in [1.54, 1.807) is 52.5 Å². The van der Waals surface area contributed by atoms with Crippen molar-refractivity contribution in [3.63, 3.8) is 0 Å². The molecule has 5 fully saturated rings. The summed E-state index contributed by atoms with van der Waals surface area (Å²) in [7, 11) is 7.42. The number of carbonyl (C=O) groups is 2. The lowest BCUT2D eigenvalue weighted by Crippen LogP contribution is -2.50. The zero-order valence-corrected chi connectivity index (χ0v) is 82.1. The van der Waals surface area contributed by atoms with Gasteiger partial charge >= 0.3 is 0 Å². The number of Topliss-reactive ketones (excluding diaryl/α,β-unsaturated/α-hetero) is 2. The Kier molecular flexibility index (Phi) is 38.7. The highest BCUT2D eigenvalue weighted by atomic mass is 35.5. The minimum absolute atomic E-state index is 0.0630. The summed E-state index contributed by atoms with van der Waals surface area (Å²) in [5.74, 6) is 2.41. The number of piperidine rings is 2. The maximum atomic E-state index is 12.6. The van der Waals surface area contributed by atoms with Crippen LogP contribution in [0.15, 0.2) is 156 Å². The fourth-order valence-electron chi connectivity index (χ4n) is 16.5. The molecule has 0 spiro atoms. The van der Waals surface area contributed by atoms with Gasteiger partial charge in [-0.05, 0) is 192 Å². The Morgan fingerprint density at radius 3 is 1.29 bits per heavy atom. The largest absolute Gasteiger partial charge is 0.480 e. The topological polar surface area (TPSA) is 314 Å². The highest BCUT2D eigenvalue weighted by Crippen LogP contribution is 2.44. The second-order valence-electron chi connectivity index (χ2n) is 32.0. The van der Waals surface area contributed by atoms with Crippen LogP contribution in [0.5, 0.6) is 11.5 Å². The van der Waals surface area contributed by atoms with Crippen LogP contribution in [0.1, 0.15) is 157 Å². The number of aryl methyl sites for hydroxylation is 4. The highest BCUT2D eigenvalue weighted by molar-refractivity contribution is 6.34. The number of hydrogen-bond donors (Lipinski definition) is 4. The Hall–Kier alpha value is -11.8. The summed E-state index contributed by atoms with van der Waals surface area (Å²) in [6.07, 6.45) is 16.7.